The summed E-state index contributed by atoms with van der Waals surface area (Å²) < 4.78 is 49.5. The van der Waals surface area contributed by atoms with Crippen molar-refractivity contribution in [2.75, 3.05) is 0 Å². The molecule has 1 saturated heterocycles. The highest BCUT2D eigenvalue weighted by Crippen LogP contribution is 2.54. The summed E-state index contributed by atoms with van der Waals surface area (Å²) in [6, 6.07) is 6.99. The van der Waals surface area contributed by atoms with Crippen LogP contribution >= 0.6 is 11.6 Å². The second-order valence-corrected chi connectivity index (χ2v) is 9.42. The van der Waals surface area contributed by atoms with E-state index in [1.165, 1.54) is 17.2 Å². The summed E-state index contributed by atoms with van der Waals surface area (Å²) >= 11 is 5.98. The van der Waals surface area contributed by atoms with Crippen molar-refractivity contribution in [1.29, 1.82) is 0 Å². The average molecular weight is 535 g/mol. The van der Waals surface area contributed by atoms with Gasteiger partial charge in [-0.3, -0.25) is 0 Å². The summed E-state index contributed by atoms with van der Waals surface area (Å²) in [4.78, 5) is 4.25. The number of rotatable bonds is 4. The highest BCUT2D eigenvalue weighted by atomic mass is 35.5. The van der Waals surface area contributed by atoms with E-state index in [9.17, 15) is 28.5 Å². The molecule has 14 heteroatoms. The quantitative estimate of drug-likeness (QED) is 0.339. The van der Waals surface area contributed by atoms with Crippen LogP contribution in [0.2, 0.25) is 5.02 Å². The number of aromatic nitrogens is 6. The minimum Gasteiger partial charge on any atom is -0.390 e. The van der Waals surface area contributed by atoms with Crippen LogP contribution in [-0.4, -0.2) is 69.0 Å². The van der Waals surface area contributed by atoms with Gasteiger partial charge in [0.2, 0.25) is 0 Å². The molecule has 1 saturated carbocycles. The lowest BCUT2D eigenvalue weighted by atomic mass is 9.90. The van der Waals surface area contributed by atoms with Gasteiger partial charge in [-0.15, -0.1) is 5.10 Å². The summed E-state index contributed by atoms with van der Waals surface area (Å²) in [5.41, 5.74) is -0.982. The van der Waals surface area contributed by atoms with E-state index in [2.05, 4.69) is 20.4 Å². The summed E-state index contributed by atoms with van der Waals surface area (Å²) in [5.74, 6) is -4.24. The van der Waals surface area contributed by atoms with Gasteiger partial charge in [0.15, 0.2) is 23.3 Å². The lowest BCUT2D eigenvalue weighted by molar-refractivity contribution is -0.224. The largest absolute Gasteiger partial charge is 0.390 e. The lowest BCUT2D eigenvalue weighted by Gasteiger charge is -2.42. The van der Waals surface area contributed by atoms with Crippen LogP contribution in [0.3, 0.4) is 0 Å². The zero-order valence-electron chi connectivity index (χ0n) is 18.7. The van der Waals surface area contributed by atoms with Crippen LogP contribution < -0.4 is 0 Å². The van der Waals surface area contributed by atoms with Crippen molar-refractivity contribution in [1.82, 2.24) is 29.8 Å². The molecule has 2 aromatic heterocycles. The molecule has 0 bridgehead atoms. The monoisotopic (exact) mass is 534 g/mol. The third kappa shape index (κ3) is 3.81. The van der Waals surface area contributed by atoms with E-state index >= 15 is 0 Å². The van der Waals surface area contributed by atoms with Gasteiger partial charge >= 0.3 is 0 Å². The topological polar surface area (TPSA) is 131 Å². The van der Waals surface area contributed by atoms with Gasteiger partial charge < -0.3 is 20.1 Å². The fourth-order valence-electron chi connectivity index (χ4n) is 4.71. The number of hydrogen-bond donors (Lipinski definition) is 3. The molecule has 2 unspecified atom stereocenters. The predicted octanol–water partition coefficient (Wildman–Crippen LogP) is 2.13. The Bertz CT molecular complexity index is 1460. The zero-order chi connectivity index (χ0) is 26.1. The van der Waals surface area contributed by atoms with Gasteiger partial charge in [-0.2, -0.15) is 5.10 Å². The Morgan fingerprint density at radius 3 is 2.38 bits per heavy atom. The molecule has 192 valence electrons. The first-order chi connectivity index (χ1) is 17.7. The van der Waals surface area contributed by atoms with Crippen molar-refractivity contribution in [2.45, 2.75) is 42.5 Å². The van der Waals surface area contributed by atoms with Gasteiger partial charge in [-0.25, -0.2) is 27.5 Å². The molecule has 2 aromatic carbocycles. The fourth-order valence-corrected chi connectivity index (χ4v) is 4.83. The highest BCUT2D eigenvalue weighted by Gasteiger charge is 2.68. The summed E-state index contributed by atoms with van der Waals surface area (Å²) in [5, 5.41) is 45.4. The summed E-state index contributed by atoms with van der Waals surface area (Å²) in [7, 11) is 0. The van der Waals surface area contributed by atoms with Crippen LogP contribution in [0.4, 0.5) is 13.2 Å². The second kappa shape index (κ2) is 8.60. The van der Waals surface area contributed by atoms with Crippen LogP contribution in [-0.2, 0) is 4.74 Å². The van der Waals surface area contributed by atoms with Crippen LogP contribution in [0.25, 0.3) is 16.9 Å². The molecule has 2 fully saturated rings. The van der Waals surface area contributed by atoms with Crippen LogP contribution in [0, 0.1) is 17.5 Å². The van der Waals surface area contributed by atoms with Crippen LogP contribution in [0.15, 0.2) is 48.9 Å². The first-order valence-electron chi connectivity index (χ1n) is 11.1. The Kier molecular flexibility index (Phi) is 5.58. The molecule has 6 rings (SSSR count). The second-order valence-electron chi connectivity index (χ2n) is 8.98. The minimum atomic E-state index is -1.62. The van der Waals surface area contributed by atoms with Gasteiger partial charge in [0.05, 0.1) is 18.0 Å². The number of halogens is 4. The minimum absolute atomic E-state index is 0.0324. The summed E-state index contributed by atoms with van der Waals surface area (Å²) in [6.45, 7) is 0. The molecule has 1 aliphatic heterocycles. The van der Waals surface area contributed by atoms with E-state index in [1.807, 2.05) is 0 Å². The molecule has 0 amide bonds. The zero-order valence-corrected chi connectivity index (χ0v) is 19.4. The van der Waals surface area contributed by atoms with Gasteiger partial charge in [-0.1, -0.05) is 16.8 Å². The van der Waals surface area contributed by atoms with Crippen molar-refractivity contribution >= 4 is 11.6 Å². The molecule has 2 aliphatic rings. The van der Waals surface area contributed by atoms with Crippen LogP contribution in [0.1, 0.15) is 24.4 Å². The molecular weight excluding hydrogens is 517 g/mol. The Labute approximate surface area is 211 Å². The number of aliphatic hydroxyl groups excluding tert-OH is 3. The van der Waals surface area contributed by atoms with Crippen molar-refractivity contribution < 1.29 is 33.2 Å². The number of ether oxygens (including phenoxy) is 1. The number of hydrogen-bond acceptors (Lipinski definition) is 8. The molecular formula is C23H18ClF3N6O4. The van der Waals surface area contributed by atoms with Crippen molar-refractivity contribution in [3.8, 4) is 16.9 Å². The Balaban J connectivity index is 1.39. The predicted molar refractivity (Wildman–Crippen MR) is 120 cm³/mol. The maximum Gasteiger partial charge on any atom is 0.194 e. The molecule has 37 heavy (non-hydrogen) atoms. The van der Waals surface area contributed by atoms with E-state index in [-0.39, 0.29) is 23.5 Å². The first kappa shape index (κ1) is 24.0. The highest BCUT2D eigenvalue weighted by molar-refractivity contribution is 6.30. The third-order valence-corrected chi connectivity index (χ3v) is 6.99. The lowest BCUT2D eigenvalue weighted by Crippen LogP contribution is -2.54. The molecule has 3 N–H and O–H groups in total. The van der Waals surface area contributed by atoms with E-state index in [1.54, 1.807) is 24.3 Å². The fraction of sp³-hybridized carbons (Fsp3) is 0.304. The molecule has 4 aromatic rings. The van der Waals surface area contributed by atoms with Gasteiger partial charge in [0.25, 0.3) is 0 Å². The molecule has 1 spiro atoms. The van der Waals surface area contributed by atoms with Gasteiger partial charge in [0.1, 0.15) is 42.0 Å². The van der Waals surface area contributed by atoms with Crippen molar-refractivity contribution in [3.05, 3.63) is 77.2 Å². The van der Waals surface area contributed by atoms with Crippen molar-refractivity contribution in [2.24, 2.45) is 0 Å². The maximum absolute atomic E-state index is 13.8. The number of aliphatic hydroxyl groups is 3. The maximum atomic E-state index is 13.8. The van der Waals surface area contributed by atoms with E-state index in [0.29, 0.717) is 10.7 Å². The molecule has 3 heterocycles. The van der Waals surface area contributed by atoms with E-state index < -0.39 is 53.5 Å². The average Bonchev–Trinajstić information content (AvgIpc) is 3.25. The van der Waals surface area contributed by atoms with Crippen LogP contribution in [0.5, 0.6) is 0 Å². The standard InChI is InChI=1S/C23H18ClF3N6O4/c24-11-1-3-12(4-2-11)33-22(28-9-29-33)20-19(35)18(21(36)23(37-20)7-16(23)34)32-8-15(30-31-32)10-5-13(25)17(27)14(26)6-10/h1-6,8-9,16,18-21,34-36H,7H2/t16?,18-,19-,20-,21-,23?/m1/s1. The number of benzene rings is 2. The normalized spacial score (nSPS) is 29.1. The van der Waals surface area contributed by atoms with Gasteiger partial charge in [-0.05, 0) is 36.4 Å². The van der Waals surface area contributed by atoms with Gasteiger partial charge in [0, 0.05) is 17.0 Å². The Morgan fingerprint density at radius 2 is 1.73 bits per heavy atom. The molecule has 1 aliphatic carbocycles. The smallest absolute Gasteiger partial charge is 0.194 e. The summed E-state index contributed by atoms with van der Waals surface area (Å²) in [6.07, 6.45) is -2.51. The van der Waals surface area contributed by atoms with Crippen molar-refractivity contribution in [3.63, 3.8) is 0 Å². The Morgan fingerprint density at radius 1 is 1.05 bits per heavy atom. The third-order valence-electron chi connectivity index (χ3n) is 6.74. The Hall–Kier alpha value is -3.36. The SMILES string of the molecule is OC1CC12O[C@@H](c1ncnn1-c1ccc(Cl)cc1)[C@H](O)[C@@H](n1cc(-c3cc(F)c(F)c(F)c3)nn1)[C@H]2O. The molecule has 10 nitrogen and oxygen atoms in total. The number of nitrogens with zero attached hydrogens (tertiary/aromatic N) is 6. The van der Waals surface area contributed by atoms with E-state index in [0.717, 1.165) is 16.8 Å². The molecule has 0 radical (unpaired) electrons. The van der Waals surface area contributed by atoms with E-state index in [4.69, 9.17) is 16.3 Å². The first-order valence-corrected chi connectivity index (χ1v) is 11.5. The molecule has 6 atom stereocenters.